The molecule has 0 bridgehead atoms. The van der Waals surface area contributed by atoms with Gasteiger partial charge in [-0.3, -0.25) is 0 Å². The number of halogens is 2. The fourth-order valence-electron chi connectivity index (χ4n) is 0.866. The first kappa shape index (κ1) is 29.5. The maximum absolute atomic E-state index is 2.27. The van der Waals surface area contributed by atoms with Crippen molar-refractivity contribution in [1.29, 1.82) is 0 Å². The summed E-state index contributed by atoms with van der Waals surface area (Å²) in [5.74, 6) is 0. The van der Waals surface area contributed by atoms with Gasteiger partial charge < -0.3 is 37.1 Å². The standard InChI is InChI=1S/C8H16.2ClH.2H3N/c1-7(2)6-8(3,4)5;;;;/h6H,1-5H3;2*1H;2*1H3. The Bertz CT molecular complexity index is 102. The third-order valence-electron chi connectivity index (χ3n) is 0.722. The average Bonchev–Trinajstić information content (AvgIpc) is 1.21. The van der Waals surface area contributed by atoms with Crippen molar-refractivity contribution >= 4 is 0 Å². The van der Waals surface area contributed by atoms with Crippen LogP contribution in [0.4, 0.5) is 0 Å². The number of quaternary nitrogens is 2. The van der Waals surface area contributed by atoms with E-state index in [0.29, 0.717) is 5.41 Å². The first-order valence-corrected chi connectivity index (χ1v) is 3.08. The quantitative estimate of drug-likeness (QED) is 0.432. The molecule has 0 aliphatic carbocycles. The molecule has 0 aromatic carbocycles. The summed E-state index contributed by atoms with van der Waals surface area (Å²) in [5.41, 5.74) is 1.76. The lowest BCUT2D eigenvalue weighted by atomic mass is 9.94. The summed E-state index contributed by atoms with van der Waals surface area (Å²) in [6.45, 7) is 10.9. The number of hydrogen-bond donors (Lipinski definition) is 2. The van der Waals surface area contributed by atoms with E-state index in [-0.39, 0.29) is 37.1 Å². The molecule has 0 unspecified atom stereocenters. The molecular weight excluding hydrogens is 195 g/mol. The summed E-state index contributed by atoms with van der Waals surface area (Å²) in [7, 11) is 0. The van der Waals surface area contributed by atoms with Crippen LogP contribution in [0.3, 0.4) is 0 Å². The molecule has 0 fully saturated rings. The Hall–Kier alpha value is 0.240. The van der Waals surface area contributed by atoms with Crippen LogP contribution >= 0.6 is 0 Å². The Balaban J connectivity index is -0.0000000408. The van der Waals surface area contributed by atoms with Gasteiger partial charge in [0.15, 0.2) is 0 Å². The zero-order chi connectivity index (χ0) is 6.78. The number of rotatable bonds is 0. The average molecular weight is 219 g/mol. The minimum Gasteiger partial charge on any atom is -1.00 e. The van der Waals surface area contributed by atoms with Crippen LogP contribution in [-0.2, 0) is 0 Å². The van der Waals surface area contributed by atoms with Gasteiger partial charge in [-0.15, -0.1) is 0 Å². The largest absolute Gasteiger partial charge is 1.00 e. The SMILES string of the molecule is CC(C)=CC(C)(C)C.[Cl-].[Cl-].[NH4+].[NH4+]. The Kier molecular flexibility index (Phi) is 27.6. The van der Waals surface area contributed by atoms with Crippen LogP contribution in [0.2, 0.25) is 0 Å². The summed E-state index contributed by atoms with van der Waals surface area (Å²) < 4.78 is 0. The monoisotopic (exact) mass is 218 g/mol. The van der Waals surface area contributed by atoms with Gasteiger partial charge in [-0.2, -0.15) is 0 Å². The van der Waals surface area contributed by atoms with Crippen molar-refractivity contribution < 1.29 is 24.8 Å². The third kappa shape index (κ3) is 31.8. The van der Waals surface area contributed by atoms with Gasteiger partial charge in [0.2, 0.25) is 0 Å². The van der Waals surface area contributed by atoms with E-state index in [1.165, 1.54) is 5.57 Å². The molecule has 0 rings (SSSR count). The van der Waals surface area contributed by atoms with Gasteiger partial charge >= 0.3 is 0 Å². The highest BCUT2D eigenvalue weighted by Crippen LogP contribution is 2.16. The summed E-state index contributed by atoms with van der Waals surface area (Å²) in [6.07, 6.45) is 2.27. The maximum atomic E-state index is 2.27. The molecule has 0 saturated heterocycles. The molecule has 2 nitrogen and oxygen atoms in total. The summed E-state index contributed by atoms with van der Waals surface area (Å²) in [5, 5.41) is 0. The Labute approximate surface area is 89.2 Å². The third-order valence-corrected chi connectivity index (χ3v) is 0.722. The number of allylic oxidation sites excluding steroid dienone is 2. The second-order valence-corrected chi connectivity index (χ2v) is 3.59. The molecule has 0 spiro atoms. The van der Waals surface area contributed by atoms with E-state index in [2.05, 4.69) is 40.7 Å². The molecule has 0 aliphatic rings. The molecule has 0 heterocycles. The summed E-state index contributed by atoms with van der Waals surface area (Å²) in [6, 6.07) is 0. The van der Waals surface area contributed by atoms with Gasteiger partial charge in [0, 0.05) is 0 Å². The Morgan fingerprint density at radius 1 is 0.917 bits per heavy atom. The smallest absolute Gasteiger partial charge is 0.0201 e. The molecule has 0 aliphatic heterocycles. The first-order chi connectivity index (χ1) is 3.42. The Morgan fingerprint density at radius 2 is 1.17 bits per heavy atom. The Morgan fingerprint density at radius 3 is 1.17 bits per heavy atom. The molecule has 0 radical (unpaired) electrons. The van der Waals surface area contributed by atoms with Gasteiger partial charge in [0.25, 0.3) is 0 Å². The highest BCUT2D eigenvalue weighted by Gasteiger charge is 2.03. The van der Waals surface area contributed by atoms with Crippen LogP contribution in [0.1, 0.15) is 34.6 Å². The predicted octanol–water partition coefficient (Wildman–Crippen LogP) is -2.24. The lowest BCUT2D eigenvalue weighted by Gasteiger charge is -2.11. The molecule has 0 saturated carbocycles. The molecule has 80 valence electrons. The minimum absolute atomic E-state index is 0. The van der Waals surface area contributed by atoms with Gasteiger partial charge in [-0.1, -0.05) is 32.4 Å². The van der Waals surface area contributed by atoms with Crippen LogP contribution < -0.4 is 37.1 Å². The normalized spacial score (nSPS) is 7.42. The van der Waals surface area contributed by atoms with E-state index < -0.39 is 0 Å². The minimum atomic E-state index is 0. The van der Waals surface area contributed by atoms with Crippen LogP contribution in [-0.4, -0.2) is 0 Å². The van der Waals surface area contributed by atoms with Crippen molar-refractivity contribution in [3.63, 3.8) is 0 Å². The molecule has 0 aromatic rings. The van der Waals surface area contributed by atoms with Crippen molar-refractivity contribution in [2.45, 2.75) is 34.6 Å². The summed E-state index contributed by atoms with van der Waals surface area (Å²) in [4.78, 5) is 0. The van der Waals surface area contributed by atoms with Crippen molar-refractivity contribution in [2.75, 3.05) is 0 Å². The van der Waals surface area contributed by atoms with Crippen LogP contribution in [0.5, 0.6) is 0 Å². The fourth-order valence-corrected chi connectivity index (χ4v) is 0.866. The van der Waals surface area contributed by atoms with E-state index in [4.69, 9.17) is 0 Å². The second kappa shape index (κ2) is 11.2. The highest BCUT2D eigenvalue weighted by atomic mass is 35.5. The van der Waals surface area contributed by atoms with E-state index in [1.54, 1.807) is 0 Å². The van der Waals surface area contributed by atoms with Crippen LogP contribution in [0, 0.1) is 5.41 Å². The van der Waals surface area contributed by atoms with Gasteiger partial charge in [0.1, 0.15) is 0 Å². The second-order valence-electron chi connectivity index (χ2n) is 3.59. The molecule has 0 atom stereocenters. The molecular formula is C8H24Cl2N2. The van der Waals surface area contributed by atoms with Crippen molar-refractivity contribution in [3.05, 3.63) is 11.6 Å². The maximum Gasteiger partial charge on any atom is -0.0201 e. The zero-order valence-corrected chi connectivity index (χ0v) is 10.8. The molecule has 0 amide bonds. The predicted molar refractivity (Wildman–Crippen MR) is 50.9 cm³/mol. The van der Waals surface area contributed by atoms with Gasteiger partial charge in [-0.05, 0) is 19.3 Å². The molecule has 8 N–H and O–H groups in total. The first-order valence-electron chi connectivity index (χ1n) is 3.08. The molecule has 0 aromatic heterocycles. The van der Waals surface area contributed by atoms with Crippen LogP contribution in [0.15, 0.2) is 11.6 Å². The molecule has 4 heteroatoms. The number of hydrogen-bond acceptors (Lipinski definition) is 0. The topological polar surface area (TPSA) is 73.0 Å². The van der Waals surface area contributed by atoms with E-state index in [0.717, 1.165) is 0 Å². The summed E-state index contributed by atoms with van der Waals surface area (Å²) >= 11 is 0. The highest BCUT2D eigenvalue weighted by molar-refractivity contribution is 5.00. The lowest BCUT2D eigenvalue weighted by Crippen LogP contribution is -3.00. The van der Waals surface area contributed by atoms with Crippen molar-refractivity contribution in [1.82, 2.24) is 12.3 Å². The van der Waals surface area contributed by atoms with E-state index in [9.17, 15) is 0 Å². The lowest BCUT2D eigenvalue weighted by molar-refractivity contribution is -0.001000. The van der Waals surface area contributed by atoms with E-state index >= 15 is 0 Å². The van der Waals surface area contributed by atoms with Gasteiger partial charge in [-0.25, -0.2) is 0 Å². The van der Waals surface area contributed by atoms with Crippen LogP contribution in [0.25, 0.3) is 0 Å². The van der Waals surface area contributed by atoms with Gasteiger partial charge in [0.05, 0.1) is 0 Å². The van der Waals surface area contributed by atoms with E-state index in [1.807, 2.05) is 0 Å². The van der Waals surface area contributed by atoms with Crippen molar-refractivity contribution in [3.8, 4) is 0 Å². The van der Waals surface area contributed by atoms with Crippen molar-refractivity contribution in [2.24, 2.45) is 5.41 Å². The fraction of sp³-hybridized carbons (Fsp3) is 0.750. The molecule has 12 heavy (non-hydrogen) atoms. The zero-order valence-electron chi connectivity index (χ0n) is 9.33.